The number of hydrogen-bond donors (Lipinski definition) is 0. The molecule has 0 aromatic heterocycles. The Morgan fingerprint density at radius 3 is 2.38 bits per heavy atom. The monoisotopic (exact) mass is 224 g/mol. The number of carboxylic acid groups (broad SMARTS) is 1. The minimum atomic E-state index is -1.16. The maximum Gasteiger partial charge on any atom is 1.00 e. The van der Waals surface area contributed by atoms with Gasteiger partial charge in [0.05, 0.1) is 13.1 Å². The van der Waals surface area contributed by atoms with Gasteiger partial charge in [0.2, 0.25) is 0 Å². The van der Waals surface area contributed by atoms with Crippen LogP contribution in [-0.2, 0) is 0 Å². The van der Waals surface area contributed by atoms with E-state index in [1.807, 2.05) is 12.1 Å². The Hall–Kier alpha value is -1.03. The van der Waals surface area contributed by atoms with E-state index >= 15 is 0 Å². The molecular weight excluding hydrogens is 215 g/mol. The van der Waals surface area contributed by atoms with Gasteiger partial charge >= 0.3 is 29.6 Å². The van der Waals surface area contributed by atoms with Gasteiger partial charge in [-0.1, -0.05) is 18.2 Å². The number of aromatic carboxylic acids is 1. The summed E-state index contributed by atoms with van der Waals surface area (Å²) in [6, 6.07) is 10.3. The number of methoxy groups -OCH3 is 1. The first-order valence-electron chi connectivity index (χ1n) is 4.50. The first-order valence-corrected chi connectivity index (χ1v) is 4.50. The molecule has 0 bridgehead atoms. The Morgan fingerprint density at radius 1 is 1.12 bits per heavy atom. The maximum absolute atomic E-state index is 10.6. The van der Waals surface area contributed by atoms with E-state index in [1.165, 1.54) is 6.07 Å². The number of carbonyl (C=O) groups is 1. The number of carbonyl (C=O) groups excluding carboxylic acids is 1. The van der Waals surface area contributed by atoms with Gasteiger partial charge < -0.3 is 14.6 Å². The zero-order valence-electron chi connectivity index (χ0n) is 9.19. The summed E-state index contributed by atoms with van der Waals surface area (Å²) in [5, 5.41) is 12.4. The molecule has 0 fully saturated rings. The van der Waals surface area contributed by atoms with Crippen molar-refractivity contribution in [3.05, 3.63) is 42.0 Å². The predicted molar refractivity (Wildman–Crippen MR) is 54.8 cm³/mol. The molecule has 0 radical (unpaired) electrons. The molecule has 4 heteroatoms. The van der Waals surface area contributed by atoms with E-state index in [1.54, 1.807) is 25.3 Å². The summed E-state index contributed by atoms with van der Waals surface area (Å²) in [4.78, 5) is 10.6. The number of ether oxygens (including phenoxy) is 1. The summed E-state index contributed by atoms with van der Waals surface area (Å²) in [5.41, 5.74) is 0.188. The fourth-order valence-corrected chi connectivity index (χ4v) is 1.48. The molecule has 0 amide bonds. The largest absolute Gasteiger partial charge is 1.00 e. The zero-order chi connectivity index (χ0) is 10.8. The van der Waals surface area contributed by atoms with E-state index in [0.29, 0.717) is 0 Å². The molecule has 0 aliphatic heterocycles. The summed E-state index contributed by atoms with van der Waals surface area (Å²) < 4.78 is 5.07. The zero-order valence-corrected chi connectivity index (χ0v) is 11.2. The molecule has 2 aromatic carbocycles. The first kappa shape index (κ1) is 13.0. The summed E-state index contributed by atoms with van der Waals surface area (Å²) in [5.74, 6) is -0.406. The molecule has 0 atom stereocenters. The second-order valence-corrected chi connectivity index (χ2v) is 3.22. The topological polar surface area (TPSA) is 49.4 Å². The predicted octanol–water partition coefficient (Wildman–Crippen LogP) is -1.78. The van der Waals surface area contributed by atoms with Gasteiger partial charge in [-0.05, 0) is 34.5 Å². The van der Waals surface area contributed by atoms with Gasteiger partial charge in [-0.25, -0.2) is 0 Å². The molecular formula is C12H9NaO3. The Balaban J connectivity index is 0.00000128. The Bertz CT molecular complexity index is 523. The fourth-order valence-electron chi connectivity index (χ4n) is 1.48. The number of carboxylic acids is 1. The third kappa shape index (κ3) is 2.55. The van der Waals surface area contributed by atoms with Gasteiger partial charge in [0.25, 0.3) is 0 Å². The SMILES string of the molecule is COc1ccc2cc(C(=O)[O-])ccc2c1.[Na+]. The van der Waals surface area contributed by atoms with Crippen molar-refractivity contribution < 1.29 is 44.2 Å². The van der Waals surface area contributed by atoms with Gasteiger partial charge in [-0.2, -0.15) is 0 Å². The number of hydrogen-bond acceptors (Lipinski definition) is 3. The van der Waals surface area contributed by atoms with Crippen LogP contribution in [-0.4, -0.2) is 13.1 Å². The van der Waals surface area contributed by atoms with Crippen LogP contribution >= 0.6 is 0 Å². The Kier molecular flexibility index (Phi) is 4.35. The molecule has 3 nitrogen and oxygen atoms in total. The van der Waals surface area contributed by atoms with E-state index in [0.717, 1.165) is 16.5 Å². The smallest absolute Gasteiger partial charge is 0.545 e. The van der Waals surface area contributed by atoms with Gasteiger partial charge in [0, 0.05) is 0 Å². The number of benzene rings is 2. The summed E-state index contributed by atoms with van der Waals surface area (Å²) in [6.07, 6.45) is 0. The number of fused-ring (bicyclic) bond motifs is 1. The van der Waals surface area contributed by atoms with Gasteiger partial charge in [0.1, 0.15) is 5.75 Å². The number of rotatable bonds is 2. The molecule has 0 N–H and O–H groups in total. The standard InChI is InChI=1S/C12H10O3.Na/c1-15-11-5-4-8-6-10(12(13)14)3-2-9(8)7-11;/h2-7H,1H3,(H,13,14);/q;+1/p-1. The molecule has 0 saturated heterocycles. The average molecular weight is 224 g/mol. The second kappa shape index (κ2) is 5.34. The van der Waals surface area contributed by atoms with Crippen LogP contribution in [0.4, 0.5) is 0 Å². The van der Waals surface area contributed by atoms with Crippen molar-refractivity contribution in [1.82, 2.24) is 0 Å². The van der Waals surface area contributed by atoms with E-state index in [-0.39, 0.29) is 35.1 Å². The van der Waals surface area contributed by atoms with Gasteiger partial charge in [0.15, 0.2) is 0 Å². The summed E-state index contributed by atoms with van der Waals surface area (Å²) in [7, 11) is 1.59. The Labute approximate surface area is 115 Å². The third-order valence-electron chi connectivity index (χ3n) is 2.28. The van der Waals surface area contributed by atoms with Crippen LogP contribution in [0, 0.1) is 0 Å². The van der Waals surface area contributed by atoms with Crippen molar-refractivity contribution in [1.29, 1.82) is 0 Å². The maximum atomic E-state index is 10.6. The average Bonchev–Trinajstić information content (AvgIpc) is 2.27. The molecule has 0 unspecified atom stereocenters. The molecule has 0 heterocycles. The van der Waals surface area contributed by atoms with E-state index in [9.17, 15) is 9.90 Å². The van der Waals surface area contributed by atoms with Crippen molar-refractivity contribution in [3.63, 3.8) is 0 Å². The fraction of sp³-hybridized carbons (Fsp3) is 0.0833. The van der Waals surface area contributed by atoms with E-state index in [2.05, 4.69) is 0 Å². The van der Waals surface area contributed by atoms with Crippen LogP contribution < -0.4 is 39.4 Å². The summed E-state index contributed by atoms with van der Waals surface area (Å²) in [6.45, 7) is 0. The molecule has 76 valence electrons. The van der Waals surface area contributed by atoms with Crippen LogP contribution in [0.3, 0.4) is 0 Å². The van der Waals surface area contributed by atoms with Crippen molar-refractivity contribution in [2.75, 3.05) is 7.11 Å². The van der Waals surface area contributed by atoms with Gasteiger partial charge in [-0.3, -0.25) is 0 Å². The molecule has 0 aliphatic carbocycles. The second-order valence-electron chi connectivity index (χ2n) is 3.22. The minimum Gasteiger partial charge on any atom is -0.545 e. The molecule has 2 aromatic rings. The van der Waals surface area contributed by atoms with Crippen LogP contribution in [0.5, 0.6) is 5.75 Å². The minimum absolute atomic E-state index is 0. The van der Waals surface area contributed by atoms with Crippen molar-refractivity contribution in [2.24, 2.45) is 0 Å². The molecule has 0 spiro atoms. The molecule has 0 saturated carbocycles. The quantitative estimate of drug-likeness (QED) is 0.566. The third-order valence-corrected chi connectivity index (χ3v) is 2.28. The van der Waals surface area contributed by atoms with Crippen LogP contribution in [0.1, 0.15) is 10.4 Å². The molecule has 2 rings (SSSR count). The molecule has 0 aliphatic rings. The first-order chi connectivity index (χ1) is 7.20. The van der Waals surface area contributed by atoms with Crippen LogP contribution in [0.2, 0.25) is 0 Å². The van der Waals surface area contributed by atoms with Gasteiger partial charge in [-0.15, -0.1) is 0 Å². The van der Waals surface area contributed by atoms with Crippen LogP contribution in [0.15, 0.2) is 36.4 Å². The van der Waals surface area contributed by atoms with Crippen molar-refractivity contribution in [2.45, 2.75) is 0 Å². The van der Waals surface area contributed by atoms with Crippen molar-refractivity contribution >= 4 is 16.7 Å². The van der Waals surface area contributed by atoms with Crippen LogP contribution in [0.25, 0.3) is 10.8 Å². The Morgan fingerprint density at radius 2 is 1.75 bits per heavy atom. The summed E-state index contributed by atoms with van der Waals surface area (Å²) >= 11 is 0. The van der Waals surface area contributed by atoms with Crippen molar-refractivity contribution in [3.8, 4) is 5.75 Å². The normalized spacial score (nSPS) is 9.56. The molecule has 16 heavy (non-hydrogen) atoms. The van der Waals surface area contributed by atoms with E-state index < -0.39 is 5.97 Å². The van der Waals surface area contributed by atoms with E-state index in [4.69, 9.17) is 4.74 Å².